The number of rotatable bonds is 4. The summed E-state index contributed by atoms with van der Waals surface area (Å²) in [6.07, 6.45) is 5.08. The fourth-order valence-corrected chi connectivity index (χ4v) is 2.82. The smallest absolute Gasteiger partial charge is 0.282 e. The maximum absolute atomic E-state index is 12.7. The summed E-state index contributed by atoms with van der Waals surface area (Å²) in [4.78, 5) is 22.7. The molecule has 0 saturated carbocycles. The van der Waals surface area contributed by atoms with Gasteiger partial charge in [0.2, 0.25) is 0 Å². The molecule has 1 aliphatic heterocycles. The van der Waals surface area contributed by atoms with E-state index in [-0.39, 0.29) is 6.03 Å². The van der Waals surface area contributed by atoms with Crippen molar-refractivity contribution in [1.82, 2.24) is 31.0 Å². The number of nitrogens with zero attached hydrogens (tertiary/aromatic N) is 4. The number of nitrogens with one attached hydrogen (secondary N) is 3. The maximum Gasteiger partial charge on any atom is 0.343 e. The van der Waals surface area contributed by atoms with Gasteiger partial charge in [-0.25, -0.2) is 20.2 Å². The Balaban J connectivity index is 1.81. The molecule has 3 rings (SSSR count). The number of hydrogen-bond acceptors (Lipinski definition) is 6. The zero-order chi connectivity index (χ0) is 18.6. The van der Waals surface area contributed by atoms with Crippen LogP contribution in [0.3, 0.4) is 0 Å². The lowest BCUT2D eigenvalue weighted by Crippen LogP contribution is -2.68. The summed E-state index contributed by atoms with van der Waals surface area (Å²) in [5.74, 6) is 5.93. The summed E-state index contributed by atoms with van der Waals surface area (Å²) in [7, 11) is 5.29. The summed E-state index contributed by atoms with van der Waals surface area (Å²) in [5, 5.41) is 7.79. The number of amides is 2. The van der Waals surface area contributed by atoms with Gasteiger partial charge in [-0.3, -0.25) is 20.5 Å². The third kappa shape index (κ3) is 3.23. The van der Waals surface area contributed by atoms with Crippen molar-refractivity contribution in [3.05, 3.63) is 54.0 Å². The molecule has 0 unspecified atom stereocenters. The Hall–Kier alpha value is -2.99. The predicted molar refractivity (Wildman–Crippen MR) is 98.9 cm³/mol. The Morgan fingerprint density at radius 1 is 1.08 bits per heavy atom. The lowest BCUT2D eigenvalue weighted by molar-refractivity contribution is 0.0745. The molecule has 2 aromatic rings. The first kappa shape index (κ1) is 17.8. The molecular formula is C18H21N7O. The predicted octanol–water partition coefficient (Wildman–Crippen LogP) is 0.345. The van der Waals surface area contributed by atoms with Crippen molar-refractivity contribution in [2.24, 2.45) is 0 Å². The number of hydrogen-bond donors (Lipinski definition) is 3. The highest BCUT2D eigenvalue weighted by Crippen LogP contribution is 2.24. The largest absolute Gasteiger partial charge is 0.343 e. The van der Waals surface area contributed by atoms with Crippen LogP contribution in [0.2, 0.25) is 0 Å². The minimum absolute atomic E-state index is 0.196. The van der Waals surface area contributed by atoms with Crippen LogP contribution in [-0.4, -0.2) is 54.5 Å². The van der Waals surface area contributed by atoms with Crippen LogP contribution in [0.25, 0.3) is 0 Å². The first-order chi connectivity index (χ1) is 12.6. The van der Waals surface area contributed by atoms with Crippen molar-refractivity contribution in [3.63, 3.8) is 0 Å². The van der Waals surface area contributed by atoms with E-state index in [1.807, 2.05) is 18.2 Å². The van der Waals surface area contributed by atoms with Crippen LogP contribution in [0.1, 0.15) is 11.1 Å². The molecule has 2 aromatic heterocycles. The lowest BCUT2D eigenvalue weighted by Gasteiger charge is -2.35. The van der Waals surface area contributed by atoms with Crippen LogP contribution in [-0.2, 0) is 0 Å². The Morgan fingerprint density at radius 2 is 1.81 bits per heavy atom. The van der Waals surface area contributed by atoms with Gasteiger partial charge in [-0.1, -0.05) is 11.8 Å². The van der Waals surface area contributed by atoms with E-state index in [0.29, 0.717) is 12.4 Å². The highest BCUT2D eigenvalue weighted by atomic mass is 16.2. The molecule has 0 atom stereocenters. The minimum Gasteiger partial charge on any atom is -0.282 e. The standard InChI is InChI=1S/C18H21N7O/c1-19-18(20-2)13-24(17(26)25(18)21-3)16-9-8-15(12-23-16)7-6-14-5-4-10-22-11-14/h4-5,8-12,19-21H,13H2,1-3H3. The summed E-state index contributed by atoms with van der Waals surface area (Å²) < 4.78 is 0. The molecule has 3 heterocycles. The van der Waals surface area contributed by atoms with Gasteiger partial charge in [-0.05, 0) is 38.4 Å². The molecule has 26 heavy (non-hydrogen) atoms. The number of aromatic nitrogens is 2. The van der Waals surface area contributed by atoms with Crippen molar-refractivity contribution in [2.75, 3.05) is 32.6 Å². The number of anilines is 1. The fraction of sp³-hybridized carbons (Fsp3) is 0.278. The van der Waals surface area contributed by atoms with Gasteiger partial charge in [-0.2, -0.15) is 0 Å². The van der Waals surface area contributed by atoms with Gasteiger partial charge in [0.05, 0.1) is 6.54 Å². The van der Waals surface area contributed by atoms with Crippen LogP contribution in [0.4, 0.5) is 10.6 Å². The molecule has 1 aliphatic rings. The number of likely N-dealkylation sites (N-methyl/N-ethyl adjacent to an activating group) is 2. The summed E-state index contributed by atoms with van der Waals surface area (Å²) in [6.45, 7) is 0.396. The molecule has 8 nitrogen and oxygen atoms in total. The van der Waals surface area contributed by atoms with E-state index in [4.69, 9.17) is 0 Å². The SMILES string of the molecule is CNN1C(=O)N(c2ccc(C#Cc3cccnc3)cn2)CC1(NC)NC. The van der Waals surface area contributed by atoms with Crippen molar-refractivity contribution >= 4 is 11.8 Å². The van der Waals surface area contributed by atoms with Crippen LogP contribution in [0.15, 0.2) is 42.9 Å². The zero-order valence-corrected chi connectivity index (χ0v) is 14.9. The van der Waals surface area contributed by atoms with Crippen LogP contribution >= 0.6 is 0 Å². The number of hydrazine groups is 1. The van der Waals surface area contributed by atoms with Gasteiger partial charge >= 0.3 is 6.03 Å². The molecule has 0 bridgehead atoms. The summed E-state index contributed by atoms with van der Waals surface area (Å²) >= 11 is 0. The van der Waals surface area contributed by atoms with Gasteiger partial charge in [0.15, 0.2) is 5.79 Å². The Kier molecular flexibility index (Phi) is 5.14. The molecule has 3 N–H and O–H groups in total. The molecule has 1 saturated heterocycles. The highest BCUT2D eigenvalue weighted by molar-refractivity contribution is 5.94. The van der Waals surface area contributed by atoms with E-state index in [1.54, 1.807) is 50.7 Å². The van der Waals surface area contributed by atoms with Gasteiger partial charge < -0.3 is 0 Å². The molecule has 0 radical (unpaired) electrons. The number of carbonyl (C=O) groups is 1. The van der Waals surface area contributed by atoms with Gasteiger partial charge in [0.1, 0.15) is 5.82 Å². The molecule has 2 amide bonds. The van der Waals surface area contributed by atoms with Crippen molar-refractivity contribution in [2.45, 2.75) is 5.79 Å². The van der Waals surface area contributed by atoms with E-state index in [0.717, 1.165) is 11.1 Å². The molecule has 134 valence electrons. The quantitative estimate of drug-likeness (QED) is 0.544. The lowest BCUT2D eigenvalue weighted by atomic mass is 10.2. The maximum atomic E-state index is 12.7. The van der Waals surface area contributed by atoms with Gasteiger partial charge in [0.25, 0.3) is 0 Å². The van der Waals surface area contributed by atoms with E-state index in [1.165, 1.54) is 5.01 Å². The van der Waals surface area contributed by atoms with Crippen LogP contribution < -0.4 is 21.0 Å². The van der Waals surface area contributed by atoms with Crippen LogP contribution in [0.5, 0.6) is 0 Å². The molecule has 1 fully saturated rings. The third-order valence-corrected chi connectivity index (χ3v) is 4.28. The second kappa shape index (κ2) is 7.49. The molecule has 0 spiro atoms. The fourth-order valence-electron chi connectivity index (χ4n) is 2.82. The number of urea groups is 1. The van der Waals surface area contributed by atoms with Crippen molar-refractivity contribution in [1.29, 1.82) is 0 Å². The summed E-state index contributed by atoms with van der Waals surface area (Å²) in [5.41, 5.74) is 4.52. The molecule has 0 aliphatic carbocycles. The highest BCUT2D eigenvalue weighted by Gasteiger charge is 2.49. The monoisotopic (exact) mass is 351 g/mol. The molecular weight excluding hydrogens is 330 g/mol. The average Bonchev–Trinajstić information content (AvgIpc) is 2.99. The second-order valence-electron chi connectivity index (χ2n) is 5.68. The second-order valence-corrected chi connectivity index (χ2v) is 5.68. The molecule has 8 heteroatoms. The average molecular weight is 351 g/mol. The summed E-state index contributed by atoms with van der Waals surface area (Å²) in [6, 6.07) is 7.18. The minimum atomic E-state index is -0.716. The van der Waals surface area contributed by atoms with Gasteiger partial charge in [-0.15, -0.1) is 0 Å². The topological polar surface area (TPSA) is 85.4 Å². The van der Waals surface area contributed by atoms with Crippen molar-refractivity contribution in [3.8, 4) is 11.8 Å². The Labute approximate surface area is 152 Å². The number of pyridine rings is 2. The number of carbonyl (C=O) groups excluding carboxylic acids is 1. The third-order valence-electron chi connectivity index (χ3n) is 4.28. The van der Waals surface area contributed by atoms with E-state index in [9.17, 15) is 4.79 Å². The van der Waals surface area contributed by atoms with Gasteiger partial charge in [0, 0.05) is 36.8 Å². The molecule has 0 aromatic carbocycles. The van der Waals surface area contributed by atoms with E-state index in [2.05, 4.69) is 37.9 Å². The Morgan fingerprint density at radius 3 is 2.31 bits per heavy atom. The first-order valence-electron chi connectivity index (χ1n) is 8.18. The normalized spacial score (nSPS) is 15.7. The zero-order valence-electron chi connectivity index (χ0n) is 14.9. The van der Waals surface area contributed by atoms with E-state index >= 15 is 0 Å². The van der Waals surface area contributed by atoms with Crippen molar-refractivity contribution < 1.29 is 4.79 Å². The van der Waals surface area contributed by atoms with E-state index < -0.39 is 5.79 Å². The van der Waals surface area contributed by atoms with Crippen LogP contribution in [0, 0.1) is 11.8 Å². The Bertz CT molecular complexity index is 822. The first-order valence-corrected chi connectivity index (χ1v) is 8.18.